The molecule has 0 fully saturated rings. The van der Waals surface area contributed by atoms with Crippen LogP contribution < -0.4 is 14.8 Å². The molecule has 2 heterocycles. The second kappa shape index (κ2) is 7.53. The summed E-state index contributed by atoms with van der Waals surface area (Å²) in [5.74, 6) is 0.968. The van der Waals surface area contributed by atoms with Crippen molar-refractivity contribution in [2.24, 2.45) is 0 Å². The van der Waals surface area contributed by atoms with Gasteiger partial charge < -0.3 is 14.8 Å². The molecule has 0 saturated carbocycles. The molecule has 6 nitrogen and oxygen atoms in total. The number of amides is 1. The predicted molar refractivity (Wildman–Crippen MR) is 102 cm³/mol. The van der Waals surface area contributed by atoms with Crippen LogP contribution in [0.5, 0.6) is 11.5 Å². The number of anilines is 1. The Kier molecular flexibility index (Phi) is 5.18. The molecule has 3 aromatic rings. The summed E-state index contributed by atoms with van der Waals surface area (Å²) in [5.41, 5.74) is 2.97. The first kappa shape index (κ1) is 17.9. The van der Waals surface area contributed by atoms with E-state index in [1.807, 2.05) is 38.1 Å². The molecule has 3 rings (SSSR count). The maximum absolute atomic E-state index is 12.8. The maximum atomic E-state index is 12.8. The molecule has 1 aromatic carbocycles. The van der Waals surface area contributed by atoms with Gasteiger partial charge >= 0.3 is 0 Å². The Morgan fingerprint density at radius 2 is 1.85 bits per heavy atom. The Balaban J connectivity index is 1.88. The lowest BCUT2D eigenvalue weighted by Crippen LogP contribution is -2.12. The average Bonchev–Trinajstić information content (AvgIpc) is 3.05. The van der Waals surface area contributed by atoms with E-state index in [9.17, 15) is 4.79 Å². The van der Waals surface area contributed by atoms with E-state index < -0.39 is 0 Å². The van der Waals surface area contributed by atoms with Gasteiger partial charge in [0.2, 0.25) is 0 Å². The number of hydrogen-bond acceptors (Lipinski definition) is 6. The fourth-order valence-corrected chi connectivity index (χ4v) is 3.44. The first-order valence-corrected chi connectivity index (χ1v) is 8.78. The molecule has 0 unspecified atom stereocenters. The molecule has 0 aliphatic carbocycles. The van der Waals surface area contributed by atoms with Gasteiger partial charge in [-0.05, 0) is 37.6 Å². The van der Waals surface area contributed by atoms with Gasteiger partial charge in [0.05, 0.1) is 25.6 Å². The van der Waals surface area contributed by atoms with Crippen molar-refractivity contribution in [3.8, 4) is 22.2 Å². The minimum absolute atomic E-state index is 0.211. The zero-order chi connectivity index (χ0) is 18.7. The molecular formula is C19H19N3O3S. The number of nitrogens with zero attached hydrogens (tertiary/aromatic N) is 2. The molecule has 7 heteroatoms. The van der Waals surface area contributed by atoms with Gasteiger partial charge in [-0.25, -0.2) is 4.98 Å². The number of aromatic nitrogens is 2. The number of nitrogens with one attached hydrogen (secondary N) is 1. The summed E-state index contributed by atoms with van der Waals surface area (Å²) < 4.78 is 10.6. The molecule has 0 aliphatic heterocycles. The number of ether oxygens (including phenoxy) is 2. The van der Waals surface area contributed by atoms with Crippen LogP contribution in [0.25, 0.3) is 10.7 Å². The molecule has 134 valence electrons. The Labute approximate surface area is 155 Å². The third-order valence-electron chi connectivity index (χ3n) is 3.87. The minimum atomic E-state index is -0.211. The van der Waals surface area contributed by atoms with Crippen LogP contribution in [0, 0.1) is 13.8 Å². The van der Waals surface area contributed by atoms with Crippen LogP contribution in [0.4, 0.5) is 5.69 Å². The van der Waals surface area contributed by atoms with Crippen molar-refractivity contribution >= 4 is 22.9 Å². The van der Waals surface area contributed by atoms with Crippen LogP contribution in [0.15, 0.2) is 36.5 Å². The molecule has 2 aromatic heterocycles. The molecule has 0 radical (unpaired) electrons. The monoisotopic (exact) mass is 369 g/mol. The largest absolute Gasteiger partial charge is 0.493 e. The smallest absolute Gasteiger partial charge is 0.267 e. The fourth-order valence-electron chi connectivity index (χ4n) is 2.50. The average molecular weight is 369 g/mol. The van der Waals surface area contributed by atoms with E-state index in [1.54, 1.807) is 26.5 Å². The van der Waals surface area contributed by atoms with Crippen molar-refractivity contribution in [2.45, 2.75) is 13.8 Å². The first-order valence-electron chi connectivity index (χ1n) is 7.96. The van der Waals surface area contributed by atoms with Crippen LogP contribution in [-0.2, 0) is 0 Å². The van der Waals surface area contributed by atoms with Crippen LogP contribution in [0.2, 0.25) is 0 Å². The van der Waals surface area contributed by atoms with E-state index in [0.717, 1.165) is 16.3 Å². The van der Waals surface area contributed by atoms with Crippen molar-refractivity contribution in [1.82, 2.24) is 9.97 Å². The van der Waals surface area contributed by atoms with Crippen molar-refractivity contribution in [3.63, 3.8) is 0 Å². The zero-order valence-corrected chi connectivity index (χ0v) is 15.8. The van der Waals surface area contributed by atoms with Crippen LogP contribution in [0.1, 0.15) is 20.9 Å². The number of benzene rings is 1. The van der Waals surface area contributed by atoms with E-state index in [4.69, 9.17) is 9.47 Å². The quantitative estimate of drug-likeness (QED) is 0.733. The molecule has 1 amide bonds. The highest BCUT2D eigenvalue weighted by Crippen LogP contribution is 2.34. The molecule has 0 saturated heterocycles. The number of methoxy groups -OCH3 is 2. The molecule has 0 bridgehead atoms. The number of rotatable bonds is 5. The first-order chi connectivity index (χ1) is 12.5. The van der Waals surface area contributed by atoms with Gasteiger partial charge in [-0.15, -0.1) is 11.3 Å². The van der Waals surface area contributed by atoms with Gasteiger partial charge in [-0.1, -0.05) is 6.07 Å². The van der Waals surface area contributed by atoms with Crippen molar-refractivity contribution in [3.05, 3.63) is 52.7 Å². The predicted octanol–water partition coefficient (Wildman–Crippen LogP) is 4.09. The van der Waals surface area contributed by atoms with Gasteiger partial charge in [-0.3, -0.25) is 9.78 Å². The molecule has 0 spiro atoms. The van der Waals surface area contributed by atoms with Crippen LogP contribution >= 0.6 is 11.3 Å². The molecule has 0 atom stereocenters. The fraction of sp³-hybridized carbons (Fsp3) is 0.211. The Hall–Kier alpha value is -2.93. The standard InChI is InChI=1S/C19H19N3O3S/c1-11-9-15(24-3)16(25-4)10-14(11)22-18(23)17-12(2)21-19(26-17)13-7-5-6-8-20-13/h5-10H,1-4H3,(H,22,23). The van der Waals surface area contributed by atoms with Gasteiger partial charge in [0.1, 0.15) is 9.88 Å². The van der Waals surface area contributed by atoms with Gasteiger partial charge in [0.15, 0.2) is 11.5 Å². The van der Waals surface area contributed by atoms with E-state index in [2.05, 4.69) is 15.3 Å². The second-order valence-electron chi connectivity index (χ2n) is 5.62. The Morgan fingerprint density at radius 1 is 1.12 bits per heavy atom. The van der Waals surface area contributed by atoms with Crippen LogP contribution in [0.3, 0.4) is 0 Å². The third-order valence-corrected chi connectivity index (χ3v) is 5.04. The van der Waals surface area contributed by atoms with Crippen LogP contribution in [-0.4, -0.2) is 30.1 Å². The van der Waals surface area contributed by atoms with E-state index in [0.29, 0.717) is 27.8 Å². The van der Waals surface area contributed by atoms with E-state index in [1.165, 1.54) is 11.3 Å². The highest BCUT2D eigenvalue weighted by Gasteiger charge is 2.18. The number of aryl methyl sites for hydroxylation is 2. The zero-order valence-electron chi connectivity index (χ0n) is 15.0. The summed E-state index contributed by atoms with van der Waals surface area (Å²) in [5, 5.41) is 3.65. The highest BCUT2D eigenvalue weighted by molar-refractivity contribution is 7.17. The normalized spacial score (nSPS) is 10.5. The molecular weight excluding hydrogens is 350 g/mol. The summed E-state index contributed by atoms with van der Waals surface area (Å²) >= 11 is 1.32. The van der Waals surface area contributed by atoms with Gasteiger partial charge in [0, 0.05) is 18.0 Å². The molecule has 0 aliphatic rings. The summed E-state index contributed by atoms with van der Waals surface area (Å²) in [6, 6.07) is 9.19. The van der Waals surface area contributed by atoms with E-state index in [-0.39, 0.29) is 5.91 Å². The van der Waals surface area contributed by atoms with Crippen molar-refractivity contribution in [2.75, 3.05) is 19.5 Å². The van der Waals surface area contributed by atoms with E-state index >= 15 is 0 Å². The van der Waals surface area contributed by atoms with Crippen molar-refractivity contribution in [1.29, 1.82) is 0 Å². The Morgan fingerprint density at radius 3 is 2.50 bits per heavy atom. The Bertz CT molecular complexity index is 939. The number of thiazole rings is 1. The SMILES string of the molecule is COc1cc(C)c(NC(=O)c2sc(-c3ccccn3)nc2C)cc1OC. The maximum Gasteiger partial charge on any atom is 0.267 e. The topological polar surface area (TPSA) is 73.3 Å². The molecule has 26 heavy (non-hydrogen) atoms. The summed E-state index contributed by atoms with van der Waals surface area (Å²) in [7, 11) is 3.14. The number of carbonyl (C=O) groups is 1. The number of carbonyl (C=O) groups excluding carboxylic acids is 1. The van der Waals surface area contributed by atoms with Gasteiger partial charge in [0.25, 0.3) is 5.91 Å². The third kappa shape index (κ3) is 3.52. The second-order valence-corrected chi connectivity index (χ2v) is 6.62. The molecule has 1 N–H and O–H groups in total. The number of hydrogen-bond donors (Lipinski definition) is 1. The summed E-state index contributed by atoms with van der Waals surface area (Å²) in [4.78, 5) is 22.1. The lowest BCUT2D eigenvalue weighted by molar-refractivity contribution is 0.102. The highest BCUT2D eigenvalue weighted by atomic mass is 32.1. The summed E-state index contributed by atoms with van der Waals surface area (Å²) in [6.45, 7) is 3.72. The minimum Gasteiger partial charge on any atom is -0.493 e. The van der Waals surface area contributed by atoms with Crippen molar-refractivity contribution < 1.29 is 14.3 Å². The lowest BCUT2D eigenvalue weighted by Gasteiger charge is -2.13. The summed E-state index contributed by atoms with van der Waals surface area (Å²) in [6.07, 6.45) is 1.71. The van der Waals surface area contributed by atoms with Gasteiger partial charge in [-0.2, -0.15) is 0 Å². The lowest BCUT2D eigenvalue weighted by atomic mass is 10.1. The number of pyridine rings is 1.